The molecule has 3 aromatic carbocycles. The van der Waals surface area contributed by atoms with E-state index in [1.165, 1.54) is 6.92 Å². The number of halogens is 1. The van der Waals surface area contributed by atoms with Crippen molar-refractivity contribution in [3.8, 4) is 16.9 Å². The molecule has 4 aromatic rings. The van der Waals surface area contributed by atoms with E-state index in [0.717, 1.165) is 50.2 Å². The van der Waals surface area contributed by atoms with Gasteiger partial charge >= 0.3 is 5.97 Å². The SMILES string of the molecule is CC(=O)OCCc1cccc2c1OC(c1cc(-c3cccc(CN)c3Cl)c3occc3c1)CN2C. The summed E-state index contributed by atoms with van der Waals surface area (Å²) in [6.45, 7) is 2.77. The molecular weight excluding hydrogens is 464 g/mol. The number of nitrogens with two attached hydrogens (primary N) is 1. The summed E-state index contributed by atoms with van der Waals surface area (Å²) < 4.78 is 17.6. The minimum Gasteiger partial charge on any atom is -0.481 e. The lowest BCUT2D eigenvalue weighted by Gasteiger charge is -2.35. The van der Waals surface area contributed by atoms with Crippen molar-refractivity contribution in [1.82, 2.24) is 0 Å². The molecule has 0 saturated heterocycles. The number of rotatable bonds is 6. The number of carbonyl (C=O) groups is 1. The number of furan rings is 1. The van der Waals surface area contributed by atoms with Crippen LogP contribution < -0.4 is 15.4 Å². The van der Waals surface area contributed by atoms with Crippen LogP contribution in [0.4, 0.5) is 5.69 Å². The highest BCUT2D eigenvalue weighted by atomic mass is 35.5. The third kappa shape index (κ3) is 4.47. The third-order valence-corrected chi connectivity index (χ3v) is 6.84. The number of hydrogen-bond donors (Lipinski definition) is 1. The molecule has 1 aliphatic rings. The van der Waals surface area contributed by atoms with Crippen LogP contribution in [0, 0.1) is 0 Å². The van der Waals surface area contributed by atoms with Gasteiger partial charge in [-0.15, -0.1) is 0 Å². The van der Waals surface area contributed by atoms with Gasteiger partial charge in [0.2, 0.25) is 0 Å². The van der Waals surface area contributed by atoms with Gasteiger partial charge in [-0.05, 0) is 41.0 Å². The average Bonchev–Trinajstić information content (AvgIpc) is 3.33. The maximum atomic E-state index is 11.2. The third-order valence-electron chi connectivity index (χ3n) is 6.40. The minimum atomic E-state index is -0.288. The summed E-state index contributed by atoms with van der Waals surface area (Å²) in [5.74, 6) is 0.527. The first-order valence-corrected chi connectivity index (χ1v) is 12.0. The zero-order valence-corrected chi connectivity index (χ0v) is 20.5. The number of anilines is 1. The predicted molar refractivity (Wildman–Crippen MR) is 138 cm³/mol. The van der Waals surface area contributed by atoms with Crippen LogP contribution in [0.2, 0.25) is 5.02 Å². The Morgan fingerprint density at radius 2 is 1.94 bits per heavy atom. The average molecular weight is 491 g/mol. The van der Waals surface area contributed by atoms with Crippen LogP contribution in [-0.4, -0.2) is 26.2 Å². The van der Waals surface area contributed by atoms with Crippen LogP contribution >= 0.6 is 11.6 Å². The van der Waals surface area contributed by atoms with E-state index in [1.54, 1.807) is 6.26 Å². The van der Waals surface area contributed by atoms with Crippen molar-refractivity contribution in [2.75, 3.05) is 25.1 Å². The number of para-hydroxylation sites is 1. The molecule has 2 heterocycles. The molecule has 1 unspecified atom stereocenters. The van der Waals surface area contributed by atoms with E-state index in [9.17, 15) is 4.79 Å². The molecular formula is C28H27ClN2O4. The van der Waals surface area contributed by atoms with Crippen molar-refractivity contribution in [2.24, 2.45) is 5.73 Å². The van der Waals surface area contributed by atoms with E-state index in [1.807, 2.05) is 42.5 Å². The number of benzene rings is 3. The summed E-state index contributed by atoms with van der Waals surface area (Å²) in [6, 6.07) is 18.1. The highest BCUT2D eigenvalue weighted by molar-refractivity contribution is 6.34. The van der Waals surface area contributed by atoms with Crippen LogP contribution in [0.1, 0.15) is 29.7 Å². The molecule has 0 radical (unpaired) electrons. The molecule has 1 aromatic heterocycles. The Bertz CT molecular complexity index is 1400. The van der Waals surface area contributed by atoms with Gasteiger partial charge in [0.15, 0.2) is 0 Å². The topological polar surface area (TPSA) is 77.9 Å². The zero-order valence-electron chi connectivity index (χ0n) is 19.7. The van der Waals surface area contributed by atoms with Crippen molar-refractivity contribution in [3.63, 3.8) is 0 Å². The monoisotopic (exact) mass is 490 g/mol. The molecule has 0 aliphatic carbocycles. The van der Waals surface area contributed by atoms with Gasteiger partial charge in [-0.2, -0.15) is 0 Å². The Labute approximate surface area is 209 Å². The quantitative estimate of drug-likeness (QED) is 0.340. The van der Waals surface area contributed by atoms with Crippen molar-refractivity contribution in [2.45, 2.75) is 26.0 Å². The molecule has 35 heavy (non-hydrogen) atoms. The molecule has 0 amide bonds. The van der Waals surface area contributed by atoms with Gasteiger partial charge in [0.25, 0.3) is 0 Å². The number of nitrogens with zero attached hydrogens (tertiary/aromatic N) is 1. The lowest BCUT2D eigenvalue weighted by Crippen LogP contribution is -2.32. The first-order chi connectivity index (χ1) is 17.0. The van der Waals surface area contributed by atoms with E-state index in [0.29, 0.717) is 31.1 Å². The Balaban J connectivity index is 1.55. The minimum absolute atomic E-state index is 0.211. The lowest BCUT2D eigenvalue weighted by atomic mass is 9.95. The van der Waals surface area contributed by atoms with Gasteiger partial charge in [-0.3, -0.25) is 4.79 Å². The van der Waals surface area contributed by atoms with Crippen molar-refractivity contribution in [1.29, 1.82) is 0 Å². The summed E-state index contributed by atoms with van der Waals surface area (Å²) in [6.07, 6.45) is 2.06. The van der Waals surface area contributed by atoms with Gasteiger partial charge in [-0.25, -0.2) is 0 Å². The standard InChI is InChI=1S/C28H27ClN2O4/c1-17(32)33-11-9-18-5-4-8-24-28(18)35-25(16-31(24)2)21-13-19-10-12-34-27(19)23(14-21)22-7-3-6-20(15-30)26(22)29/h3-8,10,12-14,25H,9,11,15-16,30H2,1-2H3. The van der Waals surface area contributed by atoms with Crippen LogP contribution in [0.3, 0.4) is 0 Å². The summed E-state index contributed by atoms with van der Waals surface area (Å²) >= 11 is 6.73. The molecule has 0 spiro atoms. The summed E-state index contributed by atoms with van der Waals surface area (Å²) in [4.78, 5) is 13.4. The molecule has 180 valence electrons. The summed E-state index contributed by atoms with van der Waals surface area (Å²) in [7, 11) is 2.06. The molecule has 1 atom stereocenters. The van der Waals surface area contributed by atoms with Crippen molar-refractivity contribution in [3.05, 3.63) is 82.6 Å². The highest BCUT2D eigenvalue weighted by Gasteiger charge is 2.28. The Morgan fingerprint density at radius 3 is 2.74 bits per heavy atom. The maximum absolute atomic E-state index is 11.2. The summed E-state index contributed by atoms with van der Waals surface area (Å²) in [5, 5.41) is 1.61. The molecule has 7 heteroatoms. The largest absolute Gasteiger partial charge is 0.481 e. The zero-order chi connectivity index (χ0) is 24.5. The number of ether oxygens (including phenoxy) is 2. The molecule has 0 saturated carbocycles. The Hall–Kier alpha value is -3.48. The summed E-state index contributed by atoms with van der Waals surface area (Å²) in [5.41, 5.74) is 12.4. The molecule has 1 aliphatic heterocycles. The fourth-order valence-electron chi connectivity index (χ4n) is 4.65. The number of carbonyl (C=O) groups excluding carboxylic acids is 1. The second kappa shape index (κ2) is 9.64. The van der Waals surface area contributed by atoms with Crippen LogP contribution in [-0.2, 0) is 22.5 Å². The van der Waals surface area contributed by atoms with E-state index >= 15 is 0 Å². The van der Waals surface area contributed by atoms with Crippen LogP contribution in [0.15, 0.2) is 65.3 Å². The van der Waals surface area contributed by atoms with Crippen LogP contribution in [0.5, 0.6) is 5.75 Å². The van der Waals surface area contributed by atoms with Crippen LogP contribution in [0.25, 0.3) is 22.1 Å². The molecule has 0 bridgehead atoms. The number of likely N-dealkylation sites (N-methyl/N-ethyl adjacent to an activating group) is 1. The predicted octanol–water partition coefficient (Wildman–Crippen LogP) is 5.89. The normalized spacial score (nSPS) is 15.1. The van der Waals surface area contributed by atoms with Gasteiger partial charge in [0.05, 0.1) is 30.1 Å². The van der Waals surface area contributed by atoms with E-state index < -0.39 is 0 Å². The fourth-order valence-corrected chi connectivity index (χ4v) is 4.95. The number of esters is 1. The Morgan fingerprint density at radius 1 is 1.14 bits per heavy atom. The van der Waals surface area contributed by atoms with E-state index in [-0.39, 0.29) is 12.1 Å². The smallest absolute Gasteiger partial charge is 0.302 e. The van der Waals surface area contributed by atoms with Gasteiger partial charge in [-0.1, -0.05) is 41.9 Å². The first-order valence-electron chi connectivity index (χ1n) is 11.6. The lowest BCUT2D eigenvalue weighted by molar-refractivity contribution is -0.140. The van der Waals surface area contributed by atoms with Gasteiger partial charge in [0.1, 0.15) is 17.4 Å². The highest BCUT2D eigenvalue weighted by Crippen LogP contribution is 2.43. The molecule has 6 nitrogen and oxygen atoms in total. The second-order valence-corrected chi connectivity index (χ2v) is 9.11. The molecule has 5 rings (SSSR count). The van der Waals surface area contributed by atoms with Crippen molar-refractivity contribution >= 4 is 34.2 Å². The number of fused-ring (bicyclic) bond motifs is 2. The molecule has 2 N–H and O–H groups in total. The molecule has 0 fully saturated rings. The van der Waals surface area contributed by atoms with Gasteiger partial charge in [0, 0.05) is 43.5 Å². The second-order valence-electron chi connectivity index (χ2n) is 8.73. The van der Waals surface area contributed by atoms with E-state index in [2.05, 4.69) is 24.1 Å². The van der Waals surface area contributed by atoms with Crippen molar-refractivity contribution < 1.29 is 18.7 Å². The Kier molecular flexibility index (Phi) is 6.41. The maximum Gasteiger partial charge on any atom is 0.302 e. The first kappa shape index (κ1) is 23.3. The van der Waals surface area contributed by atoms with E-state index in [4.69, 9.17) is 31.2 Å². The fraction of sp³-hybridized carbons (Fsp3) is 0.250. The van der Waals surface area contributed by atoms with Gasteiger partial charge < -0.3 is 24.5 Å². The number of hydrogen-bond acceptors (Lipinski definition) is 6.